The zero-order valence-corrected chi connectivity index (χ0v) is 14.8. The minimum atomic E-state index is -0.381. The van der Waals surface area contributed by atoms with Gasteiger partial charge in [-0.15, -0.1) is 0 Å². The van der Waals surface area contributed by atoms with E-state index in [0.29, 0.717) is 11.5 Å². The van der Waals surface area contributed by atoms with Crippen molar-refractivity contribution < 1.29 is 13.9 Å². The molecule has 1 N–H and O–H groups in total. The van der Waals surface area contributed by atoms with E-state index in [4.69, 9.17) is 9.15 Å². The van der Waals surface area contributed by atoms with Crippen molar-refractivity contribution in [3.63, 3.8) is 0 Å². The van der Waals surface area contributed by atoms with Crippen LogP contribution < -0.4 is 5.32 Å². The third-order valence-corrected chi connectivity index (χ3v) is 3.86. The van der Waals surface area contributed by atoms with Crippen molar-refractivity contribution in [2.45, 2.75) is 13.2 Å². The molecular weight excluding hydrogens is 340 g/mol. The molecule has 0 saturated heterocycles. The van der Waals surface area contributed by atoms with E-state index in [1.54, 1.807) is 18.4 Å². The van der Waals surface area contributed by atoms with Crippen molar-refractivity contribution in [1.29, 1.82) is 0 Å². The van der Waals surface area contributed by atoms with Crippen LogP contribution >= 0.6 is 0 Å². The summed E-state index contributed by atoms with van der Waals surface area (Å²) >= 11 is 0. The number of aliphatic imine (C=N–C) groups is 1. The Bertz CT molecular complexity index is 901. The van der Waals surface area contributed by atoms with Crippen LogP contribution in [-0.2, 0) is 22.7 Å². The smallest absolute Gasteiger partial charge is 0.289 e. The van der Waals surface area contributed by atoms with Crippen LogP contribution in [0.5, 0.6) is 0 Å². The first-order valence-electron chi connectivity index (χ1n) is 8.51. The van der Waals surface area contributed by atoms with E-state index in [0.717, 1.165) is 11.1 Å². The summed E-state index contributed by atoms with van der Waals surface area (Å²) < 4.78 is 11.1. The zero-order chi connectivity index (χ0) is 18.9. The van der Waals surface area contributed by atoms with E-state index >= 15 is 0 Å². The standard InChI is InChI=1S/C22H20N2O3/c1-23-20(18-11-6-3-7-12-18)21(27-16-17-9-4-2-5-10-17)22(25)24-15-19-13-8-14-26-19/h2-14H,1,15-16H2,(H,24,25)/b21-20-. The molecule has 0 atom stereocenters. The molecule has 5 heteroatoms. The van der Waals surface area contributed by atoms with Crippen molar-refractivity contribution in [3.05, 3.63) is 102 Å². The maximum atomic E-state index is 12.8. The van der Waals surface area contributed by atoms with Crippen LogP contribution in [0.25, 0.3) is 5.70 Å². The molecule has 2 aromatic carbocycles. The largest absolute Gasteiger partial charge is 0.481 e. The Morgan fingerprint density at radius 3 is 2.33 bits per heavy atom. The van der Waals surface area contributed by atoms with Crippen LogP contribution in [0, 0.1) is 0 Å². The van der Waals surface area contributed by atoms with Crippen LogP contribution in [0.2, 0.25) is 0 Å². The van der Waals surface area contributed by atoms with Crippen molar-refractivity contribution in [1.82, 2.24) is 5.32 Å². The monoisotopic (exact) mass is 360 g/mol. The third-order valence-electron chi connectivity index (χ3n) is 3.86. The van der Waals surface area contributed by atoms with Gasteiger partial charge in [0.05, 0.1) is 12.8 Å². The van der Waals surface area contributed by atoms with Gasteiger partial charge in [0, 0.05) is 5.56 Å². The van der Waals surface area contributed by atoms with Gasteiger partial charge in [0.2, 0.25) is 5.76 Å². The van der Waals surface area contributed by atoms with Crippen molar-refractivity contribution >= 4 is 18.3 Å². The fourth-order valence-corrected chi connectivity index (χ4v) is 2.52. The second-order valence-corrected chi connectivity index (χ2v) is 5.74. The molecule has 0 radical (unpaired) electrons. The molecule has 27 heavy (non-hydrogen) atoms. The van der Waals surface area contributed by atoms with E-state index in [9.17, 15) is 4.79 Å². The number of ether oxygens (including phenoxy) is 1. The molecule has 136 valence electrons. The number of hydrogen-bond donors (Lipinski definition) is 1. The summed E-state index contributed by atoms with van der Waals surface area (Å²) in [5, 5.41) is 2.80. The predicted molar refractivity (Wildman–Crippen MR) is 105 cm³/mol. The second-order valence-electron chi connectivity index (χ2n) is 5.74. The molecule has 0 spiro atoms. The lowest BCUT2D eigenvalue weighted by Crippen LogP contribution is -2.26. The molecule has 3 aromatic rings. The summed E-state index contributed by atoms with van der Waals surface area (Å²) in [4.78, 5) is 16.9. The van der Waals surface area contributed by atoms with Gasteiger partial charge >= 0.3 is 0 Å². The first kappa shape index (κ1) is 18.2. The lowest BCUT2D eigenvalue weighted by Gasteiger charge is -2.14. The molecule has 0 aliphatic heterocycles. The maximum absolute atomic E-state index is 12.8. The molecule has 0 saturated carbocycles. The van der Waals surface area contributed by atoms with Gasteiger partial charge in [-0.05, 0) is 24.4 Å². The number of hydrogen-bond acceptors (Lipinski definition) is 4. The summed E-state index contributed by atoms with van der Waals surface area (Å²) in [6.45, 7) is 4.12. The number of amides is 1. The number of carbonyl (C=O) groups excluding carboxylic acids is 1. The fraction of sp³-hybridized carbons (Fsp3) is 0.0909. The predicted octanol–water partition coefficient (Wildman–Crippen LogP) is 4.18. The van der Waals surface area contributed by atoms with Gasteiger partial charge < -0.3 is 14.5 Å². The Hall–Kier alpha value is -3.60. The van der Waals surface area contributed by atoms with Crippen molar-refractivity contribution in [3.8, 4) is 0 Å². The Kier molecular flexibility index (Phi) is 6.20. The topological polar surface area (TPSA) is 63.8 Å². The Labute approximate surface area is 158 Å². The summed E-state index contributed by atoms with van der Waals surface area (Å²) in [6.07, 6.45) is 1.56. The van der Waals surface area contributed by atoms with E-state index in [1.165, 1.54) is 0 Å². The first-order chi connectivity index (χ1) is 13.3. The molecular formula is C22H20N2O3. The molecule has 0 aliphatic carbocycles. The Morgan fingerprint density at radius 1 is 1.00 bits per heavy atom. The van der Waals surface area contributed by atoms with E-state index in [2.05, 4.69) is 17.0 Å². The highest BCUT2D eigenvalue weighted by Crippen LogP contribution is 2.22. The van der Waals surface area contributed by atoms with E-state index < -0.39 is 0 Å². The van der Waals surface area contributed by atoms with E-state index in [1.807, 2.05) is 60.7 Å². The summed E-state index contributed by atoms with van der Waals surface area (Å²) in [6, 6.07) is 22.5. The van der Waals surface area contributed by atoms with Gasteiger partial charge in [-0.1, -0.05) is 60.7 Å². The lowest BCUT2D eigenvalue weighted by atomic mass is 10.1. The summed E-state index contributed by atoms with van der Waals surface area (Å²) in [7, 11) is 0. The highest BCUT2D eigenvalue weighted by molar-refractivity contribution is 5.99. The molecule has 0 fully saturated rings. The van der Waals surface area contributed by atoms with Gasteiger partial charge in [-0.3, -0.25) is 9.79 Å². The van der Waals surface area contributed by atoms with E-state index in [-0.39, 0.29) is 24.8 Å². The molecule has 0 bridgehead atoms. The average molecular weight is 360 g/mol. The Morgan fingerprint density at radius 2 is 1.70 bits per heavy atom. The van der Waals surface area contributed by atoms with Crippen LogP contribution in [0.3, 0.4) is 0 Å². The van der Waals surface area contributed by atoms with Crippen LogP contribution in [0.15, 0.2) is 94.2 Å². The van der Waals surface area contributed by atoms with Crippen molar-refractivity contribution in [2.75, 3.05) is 0 Å². The fourth-order valence-electron chi connectivity index (χ4n) is 2.52. The first-order valence-corrected chi connectivity index (χ1v) is 8.51. The quantitative estimate of drug-likeness (QED) is 0.372. The normalized spacial score (nSPS) is 11.4. The summed E-state index contributed by atoms with van der Waals surface area (Å²) in [5.41, 5.74) is 2.09. The molecule has 1 aromatic heterocycles. The third kappa shape index (κ3) is 4.95. The maximum Gasteiger partial charge on any atom is 0.289 e. The lowest BCUT2D eigenvalue weighted by molar-refractivity contribution is -0.121. The van der Waals surface area contributed by atoms with Gasteiger partial charge in [-0.2, -0.15) is 0 Å². The number of nitrogens with zero attached hydrogens (tertiary/aromatic N) is 1. The number of benzene rings is 2. The van der Waals surface area contributed by atoms with Gasteiger partial charge in [0.1, 0.15) is 18.1 Å². The molecule has 1 amide bonds. The minimum absolute atomic E-state index is 0.117. The van der Waals surface area contributed by atoms with Crippen LogP contribution in [-0.4, -0.2) is 12.6 Å². The van der Waals surface area contributed by atoms with Crippen LogP contribution in [0.4, 0.5) is 0 Å². The number of furan rings is 1. The molecule has 1 heterocycles. The molecule has 3 rings (SSSR count). The molecule has 0 aliphatic rings. The average Bonchev–Trinajstić information content (AvgIpc) is 3.24. The second kappa shape index (κ2) is 9.20. The van der Waals surface area contributed by atoms with Gasteiger partial charge in [0.25, 0.3) is 5.91 Å². The highest BCUT2D eigenvalue weighted by Gasteiger charge is 2.19. The number of rotatable bonds is 8. The minimum Gasteiger partial charge on any atom is -0.481 e. The number of nitrogens with one attached hydrogen (secondary N) is 1. The van der Waals surface area contributed by atoms with Crippen molar-refractivity contribution in [2.24, 2.45) is 4.99 Å². The Balaban J connectivity index is 1.85. The highest BCUT2D eigenvalue weighted by atomic mass is 16.5. The molecule has 0 unspecified atom stereocenters. The summed E-state index contributed by atoms with van der Waals surface area (Å²) in [5.74, 6) is 0.388. The van der Waals surface area contributed by atoms with Gasteiger partial charge in [0.15, 0.2) is 0 Å². The van der Waals surface area contributed by atoms with Gasteiger partial charge in [-0.25, -0.2) is 0 Å². The number of carbonyl (C=O) groups is 1. The zero-order valence-electron chi connectivity index (χ0n) is 14.8. The van der Waals surface area contributed by atoms with Crippen LogP contribution in [0.1, 0.15) is 16.9 Å². The SMILES string of the molecule is C=N/C(=C(\OCc1ccccc1)C(=O)NCc1ccco1)c1ccccc1. The molecule has 5 nitrogen and oxygen atoms in total.